The van der Waals surface area contributed by atoms with Gasteiger partial charge in [-0.1, -0.05) is 32.4 Å². The van der Waals surface area contributed by atoms with Gasteiger partial charge >= 0.3 is 17.9 Å². The molecule has 5 rings (SSSR count). The normalized spacial score (nSPS) is 48.3. The van der Waals surface area contributed by atoms with Gasteiger partial charge in [0.25, 0.3) is 0 Å². The zero-order chi connectivity index (χ0) is 26.8. The van der Waals surface area contributed by atoms with Crippen LogP contribution in [0.1, 0.15) is 67.7 Å². The lowest BCUT2D eigenvalue weighted by Gasteiger charge is -2.66. The van der Waals surface area contributed by atoms with Crippen molar-refractivity contribution in [3.63, 3.8) is 0 Å². The summed E-state index contributed by atoms with van der Waals surface area (Å²) in [5.41, 5.74) is -5.23. The van der Waals surface area contributed by atoms with E-state index in [0.717, 1.165) is 0 Å². The number of carbonyl (C=O) groups excluding carboxylic acids is 5. The van der Waals surface area contributed by atoms with Gasteiger partial charge in [-0.2, -0.15) is 0 Å². The number of rotatable bonds is 2. The predicted molar refractivity (Wildman–Crippen MR) is 126 cm³/mol. The summed E-state index contributed by atoms with van der Waals surface area (Å²) in [7, 11) is 1.25. The quantitative estimate of drug-likeness (QED) is 0.246. The van der Waals surface area contributed by atoms with Crippen molar-refractivity contribution >= 4 is 29.5 Å². The van der Waals surface area contributed by atoms with Gasteiger partial charge in [-0.05, 0) is 40.0 Å². The van der Waals surface area contributed by atoms with Crippen LogP contribution in [0.25, 0.3) is 0 Å². The summed E-state index contributed by atoms with van der Waals surface area (Å²) in [6.45, 7) is 12.3. The number of ketones is 2. The Kier molecular flexibility index (Phi) is 4.94. The van der Waals surface area contributed by atoms with Gasteiger partial charge in [-0.25, -0.2) is 0 Å². The maximum Gasteiger partial charge on any atom is 0.321 e. The molecule has 1 aliphatic heterocycles. The molecule has 9 atom stereocenters. The Bertz CT molecular complexity index is 1150. The third kappa shape index (κ3) is 2.31. The van der Waals surface area contributed by atoms with Crippen molar-refractivity contribution in [3.8, 4) is 0 Å². The summed E-state index contributed by atoms with van der Waals surface area (Å²) < 4.78 is 17.1. The van der Waals surface area contributed by atoms with Crippen LogP contribution in [0.4, 0.5) is 0 Å². The Morgan fingerprint density at radius 3 is 2.31 bits per heavy atom. The third-order valence-electron chi connectivity index (χ3n) is 11.1. The third-order valence-corrected chi connectivity index (χ3v) is 11.1. The van der Waals surface area contributed by atoms with Gasteiger partial charge in [-0.3, -0.25) is 24.0 Å². The summed E-state index contributed by atoms with van der Waals surface area (Å²) in [5, 5.41) is 0. The molecule has 4 aliphatic carbocycles. The topological polar surface area (TPSA) is 113 Å². The SMILES string of the molecule is COC(=O)[C@]12C(=O)[C@@H](C)C(=O)[C@@]1(C)C(C)=C[C@@H]1[C@@]34CC[C@@H](OC(C)=O)C(C)(C)[C@H]3[C@@H](C[C@]12C)OC4=O. The molecule has 8 heteroatoms. The van der Waals surface area contributed by atoms with E-state index >= 15 is 0 Å². The molecule has 4 fully saturated rings. The number of Topliss-reactive ketones (excluding diaryl/α,β-unsaturated/α-hetero) is 2. The highest BCUT2D eigenvalue weighted by Gasteiger charge is 2.86. The Morgan fingerprint density at radius 2 is 1.72 bits per heavy atom. The maximum absolute atomic E-state index is 14.1. The molecule has 5 aliphatic rings. The Morgan fingerprint density at radius 1 is 1.08 bits per heavy atom. The smallest absolute Gasteiger partial charge is 0.321 e. The van der Waals surface area contributed by atoms with Crippen LogP contribution in [-0.4, -0.2) is 48.8 Å². The number of allylic oxidation sites excluding steroid dienone is 2. The monoisotopic (exact) mass is 500 g/mol. The van der Waals surface area contributed by atoms with E-state index in [-0.39, 0.29) is 30.1 Å². The summed E-state index contributed by atoms with van der Waals surface area (Å²) in [6.07, 6.45) is 2.07. The molecule has 0 unspecified atom stereocenters. The highest BCUT2D eigenvalue weighted by molar-refractivity contribution is 6.25. The summed E-state index contributed by atoms with van der Waals surface area (Å²) >= 11 is 0. The summed E-state index contributed by atoms with van der Waals surface area (Å²) in [4.78, 5) is 67.4. The Labute approximate surface area is 211 Å². The second kappa shape index (κ2) is 7.07. The molecule has 1 saturated heterocycles. The van der Waals surface area contributed by atoms with Crippen LogP contribution < -0.4 is 0 Å². The van der Waals surface area contributed by atoms with Gasteiger partial charge in [0, 0.05) is 29.6 Å². The first-order valence-electron chi connectivity index (χ1n) is 12.8. The minimum absolute atomic E-state index is 0.228. The molecule has 196 valence electrons. The van der Waals surface area contributed by atoms with E-state index in [0.29, 0.717) is 18.4 Å². The van der Waals surface area contributed by atoms with Crippen LogP contribution in [0.2, 0.25) is 0 Å². The van der Waals surface area contributed by atoms with Gasteiger partial charge in [-0.15, -0.1) is 0 Å². The average Bonchev–Trinajstić information content (AvgIpc) is 3.12. The molecule has 3 saturated carbocycles. The minimum atomic E-state index is -1.77. The van der Waals surface area contributed by atoms with Gasteiger partial charge in [0.15, 0.2) is 11.6 Å². The van der Waals surface area contributed by atoms with E-state index in [1.807, 2.05) is 26.8 Å². The second-order valence-electron chi connectivity index (χ2n) is 12.7. The van der Waals surface area contributed by atoms with Crippen molar-refractivity contribution in [3.05, 3.63) is 11.6 Å². The Hall–Kier alpha value is -2.51. The molecule has 2 bridgehead atoms. The first-order valence-corrected chi connectivity index (χ1v) is 12.8. The standard InChI is InChI=1S/C28H36O8/c1-13-11-17-25(6,28(23(33)34-8)21(31)14(2)20(30)26(13,28)7)12-16-19-24(4,5)18(35-15(3)29)9-10-27(17,19)22(32)36-16/h11,14,16-19H,9-10,12H2,1-8H3/t14-,16+,17-,18+,19+,25+,26+,27-,28-/m0/s1. The molecule has 0 aromatic heterocycles. The molecule has 0 amide bonds. The molecule has 0 radical (unpaired) electrons. The van der Waals surface area contributed by atoms with Crippen molar-refractivity contribution < 1.29 is 38.2 Å². The van der Waals surface area contributed by atoms with Crippen LogP contribution >= 0.6 is 0 Å². The lowest BCUT2D eigenvalue weighted by Crippen LogP contribution is -2.71. The fourth-order valence-electron chi connectivity index (χ4n) is 9.75. The van der Waals surface area contributed by atoms with Crippen LogP contribution in [0.15, 0.2) is 11.6 Å². The number of hydrogen-bond donors (Lipinski definition) is 0. The largest absolute Gasteiger partial charge is 0.468 e. The predicted octanol–water partition coefficient (Wildman–Crippen LogP) is 3.21. The number of hydrogen-bond acceptors (Lipinski definition) is 8. The van der Waals surface area contributed by atoms with Crippen molar-refractivity contribution in [2.75, 3.05) is 7.11 Å². The van der Waals surface area contributed by atoms with Gasteiger partial charge < -0.3 is 14.2 Å². The highest BCUT2D eigenvalue weighted by atomic mass is 16.6. The van der Waals surface area contributed by atoms with E-state index in [2.05, 4.69) is 0 Å². The lowest BCUT2D eigenvalue weighted by molar-refractivity contribution is -0.216. The van der Waals surface area contributed by atoms with E-state index < -0.39 is 62.9 Å². The van der Waals surface area contributed by atoms with E-state index in [9.17, 15) is 24.0 Å². The number of esters is 3. The van der Waals surface area contributed by atoms with E-state index in [1.54, 1.807) is 20.8 Å². The number of methoxy groups -OCH3 is 1. The van der Waals surface area contributed by atoms with E-state index in [1.165, 1.54) is 14.0 Å². The average molecular weight is 501 g/mol. The Balaban J connectivity index is 1.79. The number of carbonyl (C=O) groups is 5. The lowest BCUT2D eigenvalue weighted by atomic mass is 9.33. The number of fused-ring (bicyclic) bond motifs is 3. The zero-order valence-corrected chi connectivity index (χ0v) is 22.4. The molecular weight excluding hydrogens is 464 g/mol. The van der Waals surface area contributed by atoms with Crippen molar-refractivity contribution in [2.24, 2.45) is 44.8 Å². The van der Waals surface area contributed by atoms with E-state index in [4.69, 9.17) is 14.2 Å². The summed E-state index contributed by atoms with van der Waals surface area (Å²) in [5.74, 6) is -3.94. The van der Waals surface area contributed by atoms with Crippen molar-refractivity contribution in [2.45, 2.75) is 79.9 Å². The van der Waals surface area contributed by atoms with Gasteiger partial charge in [0.2, 0.25) is 0 Å². The van der Waals surface area contributed by atoms with Crippen LogP contribution in [-0.2, 0) is 38.2 Å². The number of ether oxygens (including phenoxy) is 3. The maximum atomic E-state index is 14.1. The molecule has 0 spiro atoms. The fraction of sp³-hybridized carbons (Fsp3) is 0.750. The minimum Gasteiger partial charge on any atom is -0.468 e. The molecule has 0 aromatic rings. The molecule has 36 heavy (non-hydrogen) atoms. The molecule has 1 heterocycles. The molecule has 0 aromatic carbocycles. The van der Waals surface area contributed by atoms with Gasteiger partial charge in [0.1, 0.15) is 17.6 Å². The van der Waals surface area contributed by atoms with Crippen LogP contribution in [0.5, 0.6) is 0 Å². The van der Waals surface area contributed by atoms with Crippen LogP contribution in [0, 0.1) is 44.8 Å². The first-order chi connectivity index (χ1) is 16.6. The first kappa shape index (κ1) is 25.2. The second-order valence-corrected chi connectivity index (χ2v) is 12.7. The summed E-state index contributed by atoms with van der Waals surface area (Å²) in [6, 6.07) is 0. The van der Waals surface area contributed by atoms with Crippen molar-refractivity contribution in [1.29, 1.82) is 0 Å². The molecular formula is C28H36O8. The van der Waals surface area contributed by atoms with Crippen LogP contribution in [0.3, 0.4) is 0 Å². The molecule has 0 N–H and O–H groups in total. The highest BCUT2D eigenvalue weighted by Crippen LogP contribution is 2.78. The molecule has 8 nitrogen and oxygen atoms in total. The van der Waals surface area contributed by atoms with Gasteiger partial charge in [0.05, 0.1) is 23.9 Å². The fourth-order valence-corrected chi connectivity index (χ4v) is 9.75. The zero-order valence-electron chi connectivity index (χ0n) is 22.4. The van der Waals surface area contributed by atoms with Crippen molar-refractivity contribution in [1.82, 2.24) is 0 Å².